The van der Waals surface area contributed by atoms with Crippen molar-refractivity contribution in [2.24, 2.45) is 0 Å². The first kappa shape index (κ1) is 12.6. The van der Waals surface area contributed by atoms with E-state index in [1.807, 2.05) is 24.3 Å². The van der Waals surface area contributed by atoms with Crippen LogP contribution in [0.5, 0.6) is 5.75 Å². The van der Waals surface area contributed by atoms with Crippen LogP contribution in [0.25, 0.3) is 0 Å². The minimum Gasteiger partial charge on any atom is -0.489 e. The van der Waals surface area contributed by atoms with Gasteiger partial charge in [0.25, 0.3) is 0 Å². The lowest BCUT2D eigenvalue weighted by Crippen LogP contribution is -1.95. The van der Waals surface area contributed by atoms with Gasteiger partial charge in [-0.3, -0.25) is 0 Å². The highest BCUT2D eigenvalue weighted by molar-refractivity contribution is 9.10. The highest BCUT2D eigenvalue weighted by Gasteiger charge is 2.01. The summed E-state index contributed by atoms with van der Waals surface area (Å²) in [6.45, 7) is 0.456. The summed E-state index contributed by atoms with van der Waals surface area (Å²) in [5.41, 5.74) is 1.06. The SMILES string of the molecule is Fc1ccc(OCc2cccc(Br)c2)cc1Br. The van der Waals surface area contributed by atoms with Gasteiger partial charge in [0.05, 0.1) is 4.47 Å². The number of rotatable bonds is 3. The van der Waals surface area contributed by atoms with E-state index in [0.29, 0.717) is 16.8 Å². The van der Waals surface area contributed by atoms with Crippen LogP contribution in [0.3, 0.4) is 0 Å². The zero-order valence-electron chi connectivity index (χ0n) is 8.79. The molecule has 17 heavy (non-hydrogen) atoms. The van der Waals surface area contributed by atoms with E-state index in [2.05, 4.69) is 31.9 Å². The second kappa shape index (κ2) is 5.65. The minimum atomic E-state index is -0.292. The first-order valence-corrected chi connectivity index (χ1v) is 6.56. The third-order valence-electron chi connectivity index (χ3n) is 2.19. The minimum absolute atomic E-state index is 0.292. The van der Waals surface area contributed by atoms with Gasteiger partial charge in [0, 0.05) is 4.47 Å². The summed E-state index contributed by atoms with van der Waals surface area (Å²) in [6.07, 6.45) is 0. The van der Waals surface area contributed by atoms with Gasteiger partial charge in [0.15, 0.2) is 0 Å². The number of ether oxygens (including phenoxy) is 1. The Labute approximate surface area is 116 Å². The van der Waals surface area contributed by atoms with Crippen molar-refractivity contribution in [1.29, 1.82) is 0 Å². The Bertz CT molecular complexity index is 529. The van der Waals surface area contributed by atoms with E-state index in [0.717, 1.165) is 10.0 Å². The lowest BCUT2D eigenvalue weighted by atomic mass is 10.2. The molecule has 0 radical (unpaired) electrons. The molecule has 0 aliphatic carbocycles. The van der Waals surface area contributed by atoms with E-state index in [9.17, 15) is 4.39 Å². The quantitative estimate of drug-likeness (QED) is 0.754. The van der Waals surface area contributed by atoms with E-state index in [1.54, 1.807) is 12.1 Å². The summed E-state index contributed by atoms with van der Waals surface area (Å²) in [7, 11) is 0. The maximum atomic E-state index is 13.0. The molecule has 4 heteroatoms. The number of halogens is 3. The molecule has 0 heterocycles. The number of hydrogen-bond acceptors (Lipinski definition) is 1. The number of hydrogen-bond donors (Lipinski definition) is 0. The Morgan fingerprint density at radius 2 is 1.88 bits per heavy atom. The average Bonchev–Trinajstić information content (AvgIpc) is 2.31. The molecule has 0 N–H and O–H groups in total. The topological polar surface area (TPSA) is 9.23 Å². The summed E-state index contributed by atoms with van der Waals surface area (Å²) >= 11 is 6.52. The van der Waals surface area contributed by atoms with Crippen LogP contribution in [0.2, 0.25) is 0 Å². The second-order valence-corrected chi connectivity index (χ2v) is 5.26. The van der Waals surface area contributed by atoms with Crippen molar-refractivity contribution < 1.29 is 9.13 Å². The molecule has 88 valence electrons. The van der Waals surface area contributed by atoms with E-state index < -0.39 is 0 Å². The Morgan fingerprint density at radius 3 is 2.59 bits per heavy atom. The molecule has 0 bridgehead atoms. The van der Waals surface area contributed by atoms with Crippen LogP contribution >= 0.6 is 31.9 Å². The lowest BCUT2D eigenvalue weighted by molar-refractivity contribution is 0.305. The molecule has 0 fully saturated rings. The fourth-order valence-corrected chi connectivity index (χ4v) is 2.16. The van der Waals surface area contributed by atoms with Crippen molar-refractivity contribution in [2.75, 3.05) is 0 Å². The summed E-state index contributed by atoms with van der Waals surface area (Å²) in [5.74, 6) is 0.345. The molecular formula is C13H9Br2FO. The second-order valence-electron chi connectivity index (χ2n) is 3.49. The highest BCUT2D eigenvalue weighted by Crippen LogP contribution is 2.22. The maximum Gasteiger partial charge on any atom is 0.137 e. The van der Waals surface area contributed by atoms with Crippen LogP contribution in [0.15, 0.2) is 51.4 Å². The molecule has 1 nitrogen and oxygen atoms in total. The van der Waals surface area contributed by atoms with Gasteiger partial charge in [-0.15, -0.1) is 0 Å². The molecule has 2 aromatic carbocycles. The first-order valence-electron chi connectivity index (χ1n) is 4.97. The molecule has 0 aromatic heterocycles. The van der Waals surface area contributed by atoms with E-state index in [4.69, 9.17) is 4.74 Å². The van der Waals surface area contributed by atoms with E-state index in [-0.39, 0.29) is 5.82 Å². The van der Waals surface area contributed by atoms with Crippen LogP contribution < -0.4 is 4.74 Å². The fourth-order valence-electron chi connectivity index (χ4n) is 1.36. The summed E-state index contributed by atoms with van der Waals surface area (Å²) in [6, 6.07) is 12.5. The molecule has 0 unspecified atom stereocenters. The van der Waals surface area contributed by atoms with Crippen LogP contribution in [0, 0.1) is 5.82 Å². The normalized spacial score (nSPS) is 10.3. The molecular weight excluding hydrogens is 351 g/mol. The molecule has 0 atom stereocenters. The molecule has 0 aliphatic rings. The molecule has 2 rings (SSSR count). The Kier molecular flexibility index (Phi) is 4.18. The molecule has 0 aliphatic heterocycles. The van der Waals surface area contributed by atoms with Gasteiger partial charge in [-0.2, -0.15) is 0 Å². The maximum absolute atomic E-state index is 13.0. The van der Waals surface area contributed by atoms with Crippen molar-refractivity contribution in [3.63, 3.8) is 0 Å². The van der Waals surface area contributed by atoms with Gasteiger partial charge in [0.1, 0.15) is 18.2 Å². The summed E-state index contributed by atoms with van der Waals surface area (Å²) in [5, 5.41) is 0. The Hall–Kier alpha value is -0.870. The van der Waals surface area contributed by atoms with Gasteiger partial charge < -0.3 is 4.74 Å². The first-order chi connectivity index (χ1) is 8.15. The van der Waals surface area contributed by atoms with Gasteiger partial charge in [-0.05, 0) is 51.8 Å². The fraction of sp³-hybridized carbons (Fsp3) is 0.0769. The lowest BCUT2D eigenvalue weighted by Gasteiger charge is -2.07. The molecule has 2 aromatic rings. The standard InChI is InChI=1S/C13H9Br2FO/c14-10-3-1-2-9(6-10)8-17-11-4-5-13(16)12(15)7-11/h1-7H,8H2. The zero-order chi connectivity index (χ0) is 12.3. The van der Waals surface area contributed by atoms with E-state index in [1.165, 1.54) is 6.07 Å². The number of benzene rings is 2. The van der Waals surface area contributed by atoms with Crippen molar-refractivity contribution in [2.45, 2.75) is 6.61 Å². The van der Waals surface area contributed by atoms with Gasteiger partial charge in [-0.25, -0.2) is 4.39 Å². The van der Waals surface area contributed by atoms with Crippen LogP contribution in [-0.4, -0.2) is 0 Å². The predicted molar refractivity (Wildman–Crippen MR) is 72.6 cm³/mol. The molecule has 0 saturated heterocycles. The molecule has 0 saturated carbocycles. The Morgan fingerprint density at radius 1 is 1.06 bits per heavy atom. The van der Waals surface area contributed by atoms with Gasteiger partial charge in [-0.1, -0.05) is 28.1 Å². The van der Waals surface area contributed by atoms with Crippen LogP contribution in [0.1, 0.15) is 5.56 Å². The van der Waals surface area contributed by atoms with Crippen LogP contribution in [0.4, 0.5) is 4.39 Å². The average molecular weight is 360 g/mol. The highest BCUT2D eigenvalue weighted by atomic mass is 79.9. The predicted octanol–water partition coefficient (Wildman–Crippen LogP) is 4.93. The van der Waals surface area contributed by atoms with Crippen molar-refractivity contribution in [1.82, 2.24) is 0 Å². The largest absolute Gasteiger partial charge is 0.489 e. The summed E-state index contributed by atoms with van der Waals surface area (Å²) in [4.78, 5) is 0. The van der Waals surface area contributed by atoms with Gasteiger partial charge in [0.2, 0.25) is 0 Å². The van der Waals surface area contributed by atoms with Gasteiger partial charge >= 0.3 is 0 Å². The van der Waals surface area contributed by atoms with E-state index >= 15 is 0 Å². The van der Waals surface area contributed by atoms with Crippen LogP contribution in [-0.2, 0) is 6.61 Å². The molecule has 0 amide bonds. The Balaban J connectivity index is 2.05. The third-order valence-corrected chi connectivity index (χ3v) is 3.29. The summed E-state index contributed by atoms with van der Waals surface area (Å²) < 4.78 is 20.0. The third kappa shape index (κ3) is 3.54. The monoisotopic (exact) mass is 358 g/mol. The smallest absolute Gasteiger partial charge is 0.137 e. The zero-order valence-corrected chi connectivity index (χ0v) is 12.0. The van der Waals surface area contributed by atoms with Crippen molar-refractivity contribution >= 4 is 31.9 Å². The molecule has 0 spiro atoms. The van der Waals surface area contributed by atoms with Crippen molar-refractivity contribution in [3.8, 4) is 5.75 Å². The van der Waals surface area contributed by atoms with Crippen molar-refractivity contribution in [3.05, 3.63) is 62.8 Å².